The largest absolute Gasteiger partial charge is 0.500 e. The van der Waals surface area contributed by atoms with Gasteiger partial charge in [0, 0.05) is 25.9 Å². The second-order valence-corrected chi connectivity index (χ2v) is 9.30. The van der Waals surface area contributed by atoms with Crippen LogP contribution in [0.3, 0.4) is 0 Å². The maximum Gasteiger partial charge on any atom is 0.500 e. The van der Waals surface area contributed by atoms with E-state index in [-0.39, 0.29) is 0 Å². The maximum absolute atomic E-state index is 6.02. The molecule has 2 aliphatic heterocycles. The molecule has 2 aliphatic rings. The molecule has 3 nitrogen and oxygen atoms in total. The maximum atomic E-state index is 6.02. The Kier molecular flexibility index (Phi) is 7.26. The topological polar surface area (TPSA) is 27.7 Å². The lowest BCUT2D eigenvalue weighted by Crippen LogP contribution is -2.47. The number of rotatable bonds is 9. The molecule has 0 radical (unpaired) electrons. The summed E-state index contributed by atoms with van der Waals surface area (Å²) in [5.41, 5.74) is 0. The first-order chi connectivity index (χ1) is 10.2. The fourth-order valence-corrected chi connectivity index (χ4v) is 7.32. The van der Waals surface area contributed by atoms with Crippen LogP contribution in [-0.2, 0) is 13.3 Å². The Labute approximate surface area is 132 Å². The molecule has 2 bridgehead atoms. The third kappa shape index (κ3) is 4.57. The van der Waals surface area contributed by atoms with Crippen LogP contribution in [0.4, 0.5) is 0 Å². The zero-order valence-corrected chi connectivity index (χ0v) is 15.2. The van der Waals surface area contributed by atoms with E-state index in [1.807, 2.05) is 0 Å². The van der Waals surface area contributed by atoms with Crippen molar-refractivity contribution in [3.63, 3.8) is 0 Å². The van der Waals surface area contributed by atoms with Crippen molar-refractivity contribution in [1.29, 1.82) is 0 Å². The molecule has 0 aromatic rings. The Hall–Kier alpha value is 0.162. The van der Waals surface area contributed by atoms with E-state index in [9.17, 15) is 0 Å². The van der Waals surface area contributed by atoms with Crippen molar-refractivity contribution in [2.24, 2.45) is 0 Å². The minimum atomic E-state index is -2.43. The summed E-state index contributed by atoms with van der Waals surface area (Å²) in [6.07, 6.45) is 9.97. The summed E-state index contributed by atoms with van der Waals surface area (Å²) in [5.74, 6) is 1.93. The summed E-state index contributed by atoms with van der Waals surface area (Å²) in [4.78, 5) is 0. The summed E-state index contributed by atoms with van der Waals surface area (Å²) < 4.78 is 18.1. The predicted molar refractivity (Wildman–Crippen MR) is 91.2 cm³/mol. The molecule has 0 N–H and O–H groups in total. The Balaban J connectivity index is 1.96. The Morgan fingerprint density at radius 3 is 1.62 bits per heavy atom. The van der Waals surface area contributed by atoms with E-state index in [0.29, 0.717) is 19.8 Å². The van der Waals surface area contributed by atoms with Gasteiger partial charge >= 0.3 is 8.80 Å². The molecule has 0 aromatic heterocycles. The fourth-order valence-electron chi connectivity index (χ4n) is 4.63. The molecule has 2 rings (SSSR count). The third-order valence-electron chi connectivity index (χ3n) is 5.39. The summed E-state index contributed by atoms with van der Waals surface area (Å²) >= 11 is 0. The highest BCUT2D eigenvalue weighted by molar-refractivity contribution is 6.67. The standard InChI is InChI=1S/C16H33BO3Si/c1-4-18-21(19-5-2,20-6-3)14-13-17-15-9-7-10-16(17)12-8-11-15/h15-16H,4-14H2,1-3H3. The molecule has 0 spiro atoms. The van der Waals surface area contributed by atoms with Crippen LogP contribution >= 0.6 is 0 Å². The highest BCUT2D eigenvalue weighted by Gasteiger charge is 2.45. The summed E-state index contributed by atoms with van der Waals surface area (Å²) in [6.45, 7) is 9.15. The average molecular weight is 312 g/mol. The molecule has 0 amide bonds. The SMILES string of the molecule is CCO[Si](CCB1C2CCCC1CCC2)(OCC)OCC. The highest BCUT2D eigenvalue weighted by atomic mass is 28.4. The van der Waals surface area contributed by atoms with Crippen molar-refractivity contribution in [3.8, 4) is 0 Å². The molecule has 21 heavy (non-hydrogen) atoms. The van der Waals surface area contributed by atoms with Gasteiger partial charge < -0.3 is 13.3 Å². The molecule has 0 unspecified atom stereocenters. The molecule has 0 atom stereocenters. The Bertz CT molecular complexity index is 264. The first-order valence-corrected chi connectivity index (χ1v) is 11.1. The van der Waals surface area contributed by atoms with Crippen molar-refractivity contribution < 1.29 is 13.3 Å². The monoisotopic (exact) mass is 312 g/mol. The molecule has 2 fully saturated rings. The number of fused-ring (bicyclic) bond motifs is 2. The zero-order valence-electron chi connectivity index (χ0n) is 14.2. The van der Waals surface area contributed by atoms with Gasteiger partial charge in [0.2, 0.25) is 0 Å². The summed E-state index contributed by atoms with van der Waals surface area (Å²) in [5, 5.41) is 0. The van der Waals surface area contributed by atoms with E-state index in [2.05, 4.69) is 20.8 Å². The number of hydrogen-bond donors (Lipinski definition) is 0. The van der Waals surface area contributed by atoms with Crippen LogP contribution in [-0.4, -0.2) is 35.3 Å². The van der Waals surface area contributed by atoms with Crippen LogP contribution in [0, 0.1) is 0 Å². The molecule has 2 saturated heterocycles. The van der Waals surface area contributed by atoms with E-state index in [4.69, 9.17) is 13.3 Å². The van der Waals surface area contributed by atoms with Gasteiger partial charge in [-0.2, -0.15) is 0 Å². The minimum Gasteiger partial charge on any atom is -0.374 e. The molecule has 5 heteroatoms. The molecule has 122 valence electrons. The van der Waals surface area contributed by atoms with Crippen LogP contribution in [0.5, 0.6) is 0 Å². The third-order valence-corrected chi connectivity index (χ3v) is 8.47. The van der Waals surface area contributed by atoms with E-state index < -0.39 is 8.80 Å². The molecule has 0 aromatic carbocycles. The lowest BCUT2D eigenvalue weighted by Gasteiger charge is -2.41. The van der Waals surface area contributed by atoms with Crippen molar-refractivity contribution in [3.05, 3.63) is 0 Å². The number of hydrogen-bond acceptors (Lipinski definition) is 3. The zero-order chi connectivity index (χ0) is 15.1. The quantitative estimate of drug-likeness (QED) is 0.581. The van der Waals surface area contributed by atoms with E-state index in [0.717, 1.165) is 24.4 Å². The molecule has 0 aliphatic carbocycles. The van der Waals surface area contributed by atoms with Gasteiger partial charge in [-0.25, -0.2) is 0 Å². The molecule has 2 heterocycles. The summed E-state index contributed by atoms with van der Waals surface area (Å²) in [7, 11) is -2.43. The lowest BCUT2D eigenvalue weighted by atomic mass is 9.26. The first-order valence-electron chi connectivity index (χ1n) is 9.16. The van der Waals surface area contributed by atoms with Crippen molar-refractivity contribution in [2.75, 3.05) is 19.8 Å². The summed E-state index contributed by atoms with van der Waals surface area (Å²) in [6, 6.07) is 1.01. The second kappa shape index (κ2) is 8.71. The van der Waals surface area contributed by atoms with Gasteiger partial charge in [-0.05, 0) is 20.8 Å². The van der Waals surface area contributed by atoms with Gasteiger partial charge in [-0.3, -0.25) is 0 Å². The highest BCUT2D eigenvalue weighted by Crippen LogP contribution is 2.48. The van der Waals surface area contributed by atoms with E-state index >= 15 is 0 Å². The average Bonchev–Trinajstić information content (AvgIpc) is 2.45. The van der Waals surface area contributed by atoms with Crippen LogP contribution in [0.15, 0.2) is 0 Å². The van der Waals surface area contributed by atoms with Gasteiger partial charge in [0.05, 0.1) is 0 Å². The smallest absolute Gasteiger partial charge is 0.374 e. The van der Waals surface area contributed by atoms with Gasteiger partial charge in [-0.1, -0.05) is 56.5 Å². The Morgan fingerprint density at radius 2 is 1.24 bits per heavy atom. The van der Waals surface area contributed by atoms with Gasteiger partial charge in [0.25, 0.3) is 0 Å². The van der Waals surface area contributed by atoms with E-state index in [1.165, 1.54) is 44.8 Å². The van der Waals surface area contributed by atoms with Crippen LogP contribution < -0.4 is 0 Å². The Morgan fingerprint density at radius 1 is 0.810 bits per heavy atom. The second-order valence-electron chi connectivity index (χ2n) is 6.57. The predicted octanol–water partition coefficient (Wildman–Crippen LogP) is 4.64. The van der Waals surface area contributed by atoms with Crippen LogP contribution in [0.25, 0.3) is 0 Å². The minimum absolute atomic E-state index is 0.698. The molecular formula is C16H33BO3Si. The van der Waals surface area contributed by atoms with E-state index in [1.54, 1.807) is 0 Å². The van der Waals surface area contributed by atoms with Crippen molar-refractivity contribution in [1.82, 2.24) is 0 Å². The van der Waals surface area contributed by atoms with Crippen molar-refractivity contribution >= 4 is 15.5 Å². The van der Waals surface area contributed by atoms with Gasteiger partial charge in [0.1, 0.15) is 6.71 Å². The van der Waals surface area contributed by atoms with Crippen molar-refractivity contribution in [2.45, 2.75) is 83.3 Å². The molecule has 0 saturated carbocycles. The molecular weight excluding hydrogens is 279 g/mol. The van der Waals surface area contributed by atoms with Crippen LogP contribution in [0.1, 0.15) is 59.3 Å². The van der Waals surface area contributed by atoms with Crippen LogP contribution in [0.2, 0.25) is 24.0 Å². The lowest BCUT2D eigenvalue weighted by molar-refractivity contribution is 0.0724. The fraction of sp³-hybridized carbons (Fsp3) is 1.00. The normalized spacial score (nSPS) is 26.1. The van der Waals surface area contributed by atoms with Gasteiger partial charge in [-0.15, -0.1) is 0 Å². The van der Waals surface area contributed by atoms with Gasteiger partial charge in [0.15, 0.2) is 0 Å². The first kappa shape index (κ1) is 17.5.